The Bertz CT molecular complexity index is 624. The van der Waals surface area contributed by atoms with Crippen LogP contribution in [-0.4, -0.2) is 24.0 Å². The van der Waals surface area contributed by atoms with Gasteiger partial charge < -0.3 is 15.4 Å². The standard InChI is InChI=1S/C16H17F2N3O2/c17-15(18)11-23-14-3-1-2-13(8-14)10-21-16(22)20-9-12-4-6-19-7-5-12/h1-8,15H,9-11H2,(H2,20,21,22). The third kappa shape index (κ3) is 6.29. The Balaban J connectivity index is 1.76. The van der Waals surface area contributed by atoms with Crippen LogP contribution in [0.3, 0.4) is 0 Å². The van der Waals surface area contributed by atoms with Crippen LogP contribution in [0.5, 0.6) is 5.75 Å². The summed E-state index contributed by atoms with van der Waals surface area (Å²) in [6.07, 6.45) is 0.787. The van der Waals surface area contributed by atoms with Crippen molar-refractivity contribution in [2.24, 2.45) is 0 Å². The molecule has 2 N–H and O–H groups in total. The van der Waals surface area contributed by atoms with Gasteiger partial charge in [0.05, 0.1) is 0 Å². The van der Waals surface area contributed by atoms with E-state index in [2.05, 4.69) is 15.6 Å². The highest BCUT2D eigenvalue weighted by molar-refractivity contribution is 5.73. The van der Waals surface area contributed by atoms with Gasteiger partial charge in [-0.1, -0.05) is 12.1 Å². The Morgan fingerprint density at radius 3 is 2.48 bits per heavy atom. The van der Waals surface area contributed by atoms with E-state index in [1.807, 2.05) is 12.1 Å². The number of pyridine rings is 1. The molecular formula is C16H17F2N3O2. The van der Waals surface area contributed by atoms with Crippen molar-refractivity contribution in [3.63, 3.8) is 0 Å². The summed E-state index contributed by atoms with van der Waals surface area (Å²) in [5.74, 6) is 0.349. The van der Waals surface area contributed by atoms with Gasteiger partial charge in [0, 0.05) is 25.5 Å². The zero-order chi connectivity index (χ0) is 16.5. The van der Waals surface area contributed by atoms with Crippen molar-refractivity contribution >= 4 is 6.03 Å². The fourth-order valence-electron chi connectivity index (χ4n) is 1.83. The van der Waals surface area contributed by atoms with Crippen molar-refractivity contribution in [1.82, 2.24) is 15.6 Å². The molecular weight excluding hydrogens is 304 g/mol. The number of hydrogen-bond donors (Lipinski definition) is 2. The van der Waals surface area contributed by atoms with Crippen LogP contribution in [0.15, 0.2) is 48.8 Å². The fraction of sp³-hybridized carbons (Fsp3) is 0.250. The van der Waals surface area contributed by atoms with Crippen LogP contribution in [0.2, 0.25) is 0 Å². The quantitative estimate of drug-likeness (QED) is 0.824. The van der Waals surface area contributed by atoms with E-state index in [0.717, 1.165) is 11.1 Å². The number of amides is 2. The third-order valence-corrected chi connectivity index (χ3v) is 2.93. The van der Waals surface area contributed by atoms with E-state index in [9.17, 15) is 13.6 Å². The number of nitrogens with one attached hydrogen (secondary N) is 2. The minimum Gasteiger partial charge on any atom is -0.488 e. The molecule has 23 heavy (non-hydrogen) atoms. The van der Waals surface area contributed by atoms with Gasteiger partial charge in [0.2, 0.25) is 0 Å². The highest BCUT2D eigenvalue weighted by Crippen LogP contribution is 2.14. The van der Waals surface area contributed by atoms with Gasteiger partial charge in [-0.15, -0.1) is 0 Å². The predicted octanol–water partition coefficient (Wildman–Crippen LogP) is 2.72. The molecule has 1 heterocycles. The number of alkyl halides is 2. The largest absolute Gasteiger partial charge is 0.488 e. The van der Waals surface area contributed by atoms with E-state index in [1.54, 1.807) is 36.7 Å². The molecule has 2 aromatic rings. The summed E-state index contributed by atoms with van der Waals surface area (Å²) in [6.45, 7) is 0.0171. The first-order valence-electron chi connectivity index (χ1n) is 7.04. The number of aromatic nitrogens is 1. The first-order valence-corrected chi connectivity index (χ1v) is 7.04. The smallest absolute Gasteiger partial charge is 0.315 e. The summed E-state index contributed by atoms with van der Waals surface area (Å²) in [6, 6.07) is 9.97. The molecule has 2 rings (SSSR count). The van der Waals surface area contributed by atoms with Gasteiger partial charge in [-0.3, -0.25) is 4.98 Å². The van der Waals surface area contributed by atoms with Gasteiger partial charge in [-0.05, 0) is 35.4 Å². The van der Waals surface area contributed by atoms with Gasteiger partial charge in [0.15, 0.2) is 0 Å². The summed E-state index contributed by atoms with van der Waals surface area (Å²) < 4.78 is 29.1. The molecule has 0 saturated carbocycles. The molecule has 0 atom stereocenters. The fourth-order valence-corrected chi connectivity index (χ4v) is 1.83. The van der Waals surface area contributed by atoms with Gasteiger partial charge in [-0.2, -0.15) is 0 Å². The minimum atomic E-state index is -2.52. The van der Waals surface area contributed by atoms with E-state index in [1.165, 1.54) is 0 Å². The van der Waals surface area contributed by atoms with E-state index in [0.29, 0.717) is 12.3 Å². The van der Waals surface area contributed by atoms with E-state index >= 15 is 0 Å². The Morgan fingerprint density at radius 2 is 1.78 bits per heavy atom. The first kappa shape index (κ1) is 16.7. The molecule has 0 unspecified atom stereocenters. The monoisotopic (exact) mass is 321 g/mol. The number of carbonyl (C=O) groups excluding carboxylic acids is 1. The molecule has 0 spiro atoms. The molecule has 7 heteroatoms. The van der Waals surface area contributed by atoms with Crippen LogP contribution in [0.1, 0.15) is 11.1 Å². The predicted molar refractivity (Wildman–Crippen MR) is 81.3 cm³/mol. The normalized spacial score (nSPS) is 10.4. The lowest BCUT2D eigenvalue weighted by Gasteiger charge is -2.10. The minimum absolute atomic E-state index is 0.272. The highest BCUT2D eigenvalue weighted by Gasteiger charge is 2.05. The lowest BCUT2D eigenvalue weighted by atomic mass is 10.2. The van der Waals surface area contributed by atoms with E-state index in [4.69, 9.17) is 4.74 Å². The average molecular weight is 321 g/mol. The number of halogens is 2. The highest BCUT2D eigenvalue weighted by atomic mass is 19.3. The van der Waals surface area contributed by atoms with E-state index in [-0.39, 0.29) is 12.6 Å². The van der Waals surface area contributed by atoms with Crippen LogP contribution in [0, 0.1) is 0 Å². The molecule has 0 fully saturated rings. The van der Waals surface area contributed by atoms with Crippen LogP contribution in [0.4, 0.5) is 13.6 Å². The second-order valence-electron chi connectivity index (χ2n) is 4.74. The summed E-state index contributed by atoms with van der Waals surface area (Å²) in [5, 5.41) is 5.41. The molecule has 0 radical (unpaired) electrons. The van der Waals surface area contributed by atoms with Crippen molar-refractivity contribution in [2.75, 3.05) is 6.61 Å². The van der Waals surface area contributed by atoms with Crippen molar-refractivity contribution in [2.45, 2.75) is 19.5 Å². The number of urea groups is 1. The molecule has 2 amide bonds. The number of carbonyl (C=O) groups is 1. The third-order valence-electron chi connectivity index (χ3n) is 2.93. The summed E-state index contributed by atoms with van der Waals surface area (Å²) in [4.78, 5) is 15.6. The topological polar surface area (TPSA) is 63.2 Å². The maximum absolute atomic E-state index is 12.1. The maximum atomic E-state index is 12.1. The SMILES string of the molecule is O=C(NCc1ccncc1)NCc1cccc(OCC(F)F)c1. The molecule has 122 valence electrons. The van der Waals surface area contributed by atoms with Crippen molar-refractivity contribution in [3.8, 4) is 5.75 Å². The zero-order valence-electron chi connectivity index (χ0n) is 12.3. The van der Waals surface area contributed by atoms with Crippen LogP contribution in [0.25, 0.3) is 0 Å². The molecule has 5 nitrogen and oxygen atoms in total. The van der Waals surface area contributed by atoms with E-state index < -0.39 is 13.0 Å². The van der Waals surface area contributed by atoms with Crippen LogP contribution >= 0.6 is 0 Å². The maximum Gasteiger partial charge on any atom is 0.315 e. The molecule has 0 aliphatic rings. The summed E-state index contributed by atoms with van der Waals surface area (Å²) in [7, 11) is 0. The number of ether oxygens (including phenoxy) is 1. The van der Waals surface area contributed by atoms with Gasteiger partial charge in [0.1, 0.15) is 12.4 Å². The van der Waals surface area contributed by atoms with Crippen LogP contribution < -0.4 is 15.4 Å². The van der Waals surface area contributed by atoms with Crippen LogP contribution in [-0.2, 0) is 13.1 Å². The Labute approximate surface area is 132 Å². The second-order valence-corrected chi connectivity index (χ2v) is 4.74. The molecule has 0 bridgehead atoms. The number of benzene rings is 1. The van der Waals surface area contributed by atoms with Crippen molar-refractivity contribution in [1.29, 1.82) is 0 Å². The zero-order valence-corrected chi connectivity index (χ0v) is 12.3. The molecule has 1 aromatic carbocycles. The van der Waals surface area contributed by atoms with Crippen molar-refractivity contribution in [3.05, 3.63) is 59.9 Å². The lowest BCUT2D eigenvalue weighted by Crippen LogP contribution is -2.34. The Hall–Kier alpha value is -2.70. The van der Waals surface area contributed by atoms with Gasteiger partial charge in [0.25, 0.3) is 6.43 Å². The number of rotatable bonds is 7. The molecule has 1 aromatic heterocycles. The lowest BCUT2D eigenvalue weighted by molar-refractivity contribution is 0.0818. The number of hydrogen-bond acceptors (Lipinski definition) is 3. The van der Waals surface area contributed by atoms with Gasteiger partial charge >= 0.3 is 6.03 Å². The molecule has 0 aliphatic heterocycles. The Kier molecular flexibility index (Phi) is 6.28. The second kappa shape index (κ2) is 8.67. The average Bonchev–Trinajstić information content (AvgIpc) is 2.57. The summed E-state index contributed by atoms with van der Waals surface area (Å²) >= 11 is 0. The summed E-state index contributed by atoms with van der Waals surface area (Å²) in [5.41, 5.74) is 1.70. The molecule has 0 aliphatic carbocycles. The number of nitrogens with zero attached hydrogens (tertiary/aromatic N) is 1. The van der Waals surface area contributed by atoms with Crippen molar-refractivity contribution < 1.29 is 18.3 Å². The van der Waals surface area contributed by atoms with Gasteiger partial charge in [-0.25, -0.2) is 13.6 Å². The Morgan fingerprint density at radius 1 is 1.09 bits per heavy atom. The first-order chi connectivity index (χ1) is 11.1. The molecule has 0 saturated heterocycles.